The summed E-state index contributed by atoms with van der Waals surface area (Å²) in [4.78, 5) is 15.7. The third kappa shape index (κ3) is 3.57. The maximum atomic E-state index is 12.4. The Hall–Kier alpha value is -1.44. The van der Waals surface area contributed by atoms with Crippen LogP contribution in [-0.2, 0) is 21.2 Å². The van der Waals surface area contributed by atoms with Gasteiger partial charge >= 0.3 is 0 Å². The highest BCUT2D eigenvalue weighted by Gasteiger charge is 2.27. The van der Waals surface area contributed by atoms with Crippen molar-refractivity contribution >= 4 is 21.6 Å². The van der Waals surface area contributed by atoms with Crippen LogP contribution in [0.25, 0.3) is 0 Å². The SMILES string of the molecule is CC(=O)N1CCc2cc(S(=O)(=O)NCCN(C)C3CC3)ccc21. The van der Waals surface area contributed by atoms with Gasteiger partial charge < -0.3 is 9.80 Å². The summed E-state index contributed by atoms with van der Waals surface area (Å²) >= 11 is 0. The molecule has 6 nitrogen and oxygen atoms in total. The van der Waals surface area contributed by atoms with Gasteiger partial charge in [0.2, 0.25) is 15.9 Å². The molecule has 3 rings (SSSR count). The van der Waals surface area contributed by atoms with Gasteiger partial charge in [-0.05, 0) is 50.1 Å². The molecule has 126 valence electrons. The van der Waals surface area contributed by atoms with Crippen LogP contribution >= 0.6 is 0 Å². The zero-order valence-corrected chi connectivity index (χ0v) is 14.4. The fourth-order valence-electron chi connectivity index (χ4n) is 3.01. The monoisotopic (exact) mass is 337 g/mol. The maximum absolute atomic E-state index is 12.4. The van der Waals surface area contributed by atoms with Crippen LogP contribution in [0.4, 0.5) is 5.69 Å². The van der Waals surface area contributed by atoms with Crippen molar-refractivity contribution in [1.82, 2.24) is 9.62 Å². The Morgan fingerprint density at radius 3 is 2.78 bits per heavy atom. The quantitative estimate of drug-likeness (QED) is 0.840. The number of amides is 1. The van der Waals surface area contributed by atoms with Gasteiger partial charge in [0.1, 0.15) is 0 Å². The summed E-state index contributed by atoms with van der Waals surface area (Å²) in [5.41, 5.74) is 1.74. The molecule has 23 heavy (non-hydrogen) atoms. The van der Waals surface area contributed by atoms with Crippen molar-refractivity contribution in [2.24, 2.45) is 0 Å². The topological polar surface area (TPSA) is 69.7 Å². The molecule has 1 amide bonds. The minimum absolute atomic E-state index is 0.0133. The van der Waals surface area contributed by atoms with Crippen LogP contribution in [0.5, 0.6) is 0 Å². The first-order valence-electron chi connectivity index (χ1n) is 7.99. The Kier molecular flexibility index (Phi) is 4.44. The number of likely N-dealkylation sites (N-methyl/N-ethyl adjacent to an activating group) is 1. The van der Waals surface area contributed by atoms with E-state index >= 15 is 0 Å². The van der Waals surface area contributed by atoms with E-state index < -0.39 is 10.0 Å². The number of hydrogen-bond donors (Lipinski definition) is 1. The zero-order chi connectivity index (χ0) is 16.6. The highest BCUT2D eigenvalue weighted by Crippen LogP contribution is 2.30. The van der Waals surface area contributed by atoms with Crippen molar-refractivity contribution in [3.63, 3.8) is 0 Å². The molecule has 1 N–H and O–H groups in total. The number of carbonyl (C=O) groups excluding carboxylic acids is 1. The molecule has 0 saturated heterocycles. The van der Waals surface area contributed by atoms with E-state index in [9.17, 15) is 13.2 Å². The molecular weight excluding hydrogens is 314 g/mol. The second-order valence-electron chi connectivity index (χ2n) is 6.32. The molecule has 1 fully saturated rings. The number of hydrogen-bond acceptors (Lipinski definition) is 4. The van der Waals surface area contributed by atoms with Gasteiger partial charge in [0.25, 0.3) is 0 Å². The standard InChI is InChI=1S/C16H23N3O3S/c1-12(20)19-9-7-13-11-15(5-6-16(13)19)23(21,22)17-8-10-18(2)14-3-4-14/h5-6,11,14,17H,3-4,7-10H2,1-2H3. The van der Waals surface area contributed by atoms with Crippen LogP contribution in [0.3, 0.4) is 0 Å². The highest BCUT2D eigenvalue weighted by molar-refractivity contribution is 7.89. The Morgan fingerprint density at radius 1 is 1.39 bits per heavy atom. The van der Waals surface area contributed by atoms with Crippen LogP contribution in [0.1, 0.15) is 25.3 Å². The normalized spacial score (nSPS) is 17.6. The Bertz CT molecular complexity index is 713. The van der Waals surface area contributed by atoms with Crippen LogP contribution in [0.15, 0.2) is 23.1 Å². The molecule has 0 aromatic heterocycles. The molecule has 2 aliphatic rings. The smallest absolute Gasteiger partial charge is 0.240 e. The molecule has 0 radical (unpaired) electrons. The first-order chi connectivity index (χ1) is 10.9. The summed E-state index contributed by atoms with van der Waals surface area (Å²) in [7, 11) is -1.48. The molecule has 1 saturated carbocycles. The fraction of sp³-hybridized carbons (Fsp3) is 0.562. The minimum Gasteiger partial charge on any atom is -0.312 e. The van der Waals surface area contributed by atoms with Gasteiger partial charge in [-0.1, -0.05) is 0 Å². The molecule has 0 bridgehead atoms. The lowest BCUT2D eigenvalue weighted by molar-refractivity contribution is -0.116. The van der Waals surface area contributed by atoms with Crippen molar-refractivity contribution in [1.29, 1.82) is 0 Å². The maximum Gasteiger partial charge on any atom is 0.240 e. The Balaban J connectivity index is 1.67. The molecule has 7 heteroatoms. The molecule has 1 heterocycles. The van der Waals surface area contributed by atoms with E-state index in [1.165, 1.54) is 19.8 Å². The highest BCUT2D eigenvalue weighted by atomic mass is 32.2. The average molecular weight is 337 g/mol. The van der Waals surface area contributed by atoms with E-state index in [1.54, 1.807) is 23.1 Å². The summed E-state index contributed by atoms with van der Waals surface area (Å²) in [5, 5.41) is 0. The number of nitrogens with zero attached hydrogens (tertiary/aromatic N) is 2. The third-order valence-corrected chi connectivity index (χ3v) is 6.02. The number of sulfonamides is 1. The first kappa shape index (κ1) is 16.4. The average Bonchev–Trinajstić information content (AvgIpc) is 3.25. The molecule has 0 unspecified atom stereocenters. The molecule has 1 aromatic rings. The number of fused-ring (bicyclic) bond motifs is 1. The van der Waals surface area contributed by atoms with Crippen LogP contribution < -0.4 is 9.62 Å². The lowest BCUT2D eigenvalue weighted by atomic mass is 10.2. The van der Waals surface area contributed by atoms with Gasteiger partial charge in [0.05, 0.1) is 4.90 Å². The number of anilines is 1. The number of nitrogens with one attached hydrogen (secondary N) is 1. The van der Waals surface area contributed by atoms with Crippen molar-refractivity contribution in [2.75, 3.05) is 31.6 Å². The number of benzene rings is 1. The summed E-state index contributed by atoms with van der Waals surface area (Å²) in [5.74, 6) is -0.0133. The summed E-state index contributed by atoms with van der Waals surface area (Å²) in [6.45, 7) is 3.27. The number of carbonyl (C=O) groups is 1. The van der Waals surface area contributed by atoms with E-state index in [0.29, 0.717) is 32.1 Å². The summed E-state index contributed by atoms with van der Waals surface area (Å²) < 4.78 is 27.5. The predicted octanol–water partition coefficient (Wildman–Crippen LogP) is 0.968. The van der Waals surface area contributed by atoms with Gasteiger partial charge in [-0.25, -0.2) is 13.1 Å². The lowest BCUT2D eigenvalue weighted by Crippen LogP contribution is -2.34. The zero-order valence-electron chi connectivity index (χ0n) is 13.6. The fourth-order valence-corrected chi connectivity index (χ4v) is 4.08. The van der Waals surface area contributed by atoms with Crippen LogP contribution in [0, 0.1) is 0 Å². The van der Waals surface area contributed by atoms with E-state index in [4.69, 9.17) is 0 Å². The van der Waals surface area contributed by atoms with Gasteiger partial charge in [0, 0.05) is 38.3 Å². The molecule has 0 atom stereocenters. The van der Waals surface area contributed by atoms with Gasteiger partial charge in [0.15, 0.2) is 0 Å². The van der Waals surface area contributed by atoms with Gasteiger partial charge in [-0.2, -0.15) is 0 Å². The number of rotatable bonds is 6. The first-order valence-corrected chi connectivity index (χ1v) is 9.48. The van der Waals surface area contributed by atoms with Crippen molar-refractivity contribution in [3.8, 4) is 0 Å². The molecule has 1 aliphatic heterocycles. The van der Waals surface area contributed by atoms with Gasteiger partial charge in [-0.3, -0.25) is 4.79 Å². The lowest BCUT2D eigenvalue weighted by Gasteiger charge is -2.16. The van der Waals surface area contributed by atoms with Crippen molar-refractivity contribution in [2.45, 2.75) is 37.1 Å². The second-order valence-corrected chi connectivity index (χ2v) is 8.09. The molecular formula is C16H23N3O3S. The second kappa shape index (κ2) is 6.22. The minimum atomic E-state index is -3.50. The van der Waals surface area contributed by atoms with Crippen LogP contribution in [-0.4, -0.2) is 51.9 Å². The molecule has 0 spiro atoms. The Morgan fingerprint density at radius 2 is 2.13 bits per heavy atom. The van der Waals surface area contributed by atoms with E-state index in [1.807, 2.05) is 7.05 Å². The van der Waals surface area contributed by atoms with E-state index in [0.717, 1.165) is 11.3 Å². The van der Waals surface area contributed by atoms with Crippen molar-refractivity contribution in [3.05, 3.63) is 23.8 Å². The van der Waals surface area contributed by atoms with E-state index in [-0.39, 0.29) is 10.8 Å². The predicted molar refractivity (Wildman–Crippen MR) is 89.0 cm³/mol. The van der Waals surface area contributed by atoms with Gasteiger partial charge in [-0.15, -0.1) is 0 Å². The summed E-state index contributed by atoms with van der Waals surface area (Å²) in [6.07, 6.45) is 3.12. The van der Waals surface area contributed by atoms with Crippen molar-refractivity contribution < 1.29 is 13.2 Å². The Labute approximate surface area is 137 Å². The van der Waals surface area contributed by atoms with Crippen LogP contribution in [0.2, 0.25) is 0 Å². The summed E-state index contributed by atoms with van der Waals surface area (Å²) in [6, 6.07) is 5.62. The molecule has 1 aromatic carbocycles. The molecule has 1 aliphatic carbocycles. The third-order valence-electron chi connectivity index (χ3n) is 4.56. The van der Waals surface area contributed by atoms with E-state index in [2.05, 4.69) is 9.62 Å². The largest absolute Gasteiger partial charge is 0.312 e.